The molecule has 1 fully saturated rings. The highest BCUT2D eigenvalue weighted by atomic mass is 35.5. The van der Waals surface area contributed by atoms with E-state index in [1.165, 1.54) is 0 Å². The summed E-state index contributed by atoms with van der Waals surface area (Å²) in [5, 5.41) is 7.74. The number of rotatable bonds is 7. The molecule has 188 valence electrons. The van der Waals surface area contributed by atoms with E-state index >= 15 is 0 Å². The molecule has 8 heteroatoms. The fraction of sp³-hybridized carbons (Fsp3) is 0.207. The Hall–Kier alpha value is -3.68. The standard InChI is InChI=1S/C29H28ClN5OS/c1-19-18-22(20(2)35(19)25-14-7-6-12-23(25)30)28-27(24-13-8-9-16-31-24)33-29(37)34(28)17-15-26(36)32-21-10-4-3-5-11-21/h3-14,16,18,27-28H,15,17H2,1-2H3,(H,32,36)(H,33,37)/t27-,28+/m0/s1. The zero-order valence-corrected chi connectivity index (χ0v) is 22.3. The van der Waals surface area contributed by atoms with Gasteiger partial charge in [0.05, 0.1) is 28.5 Å². The lowest BCUT2D eigenvalue weighted by Gasteiger charge is -2.28. The molecule has 2 aromatic heterocycles. The van der Waals surface area contributed by atoms with Crippen LogP contribution in [-0.2, 0) is 4.79 Å². The first kappa shape index (κ1) is 25.0. The Bertz CT molecular complexity index is 1420. The Morgan fingerprint density at radius 1 is 1.05 bits per heavy atom. The Kier molecular flexibility index (Phi) is 7.26. The van der Waals surface area contributed by atoms with E-state index < -0.39 is 0 Å². The minimum Gasteiger partial charge on any atom is -0.352 e. The van der Waals surface area contributed by atoms with Gasteiger partial charge in [-0.05, 0) is 74.1 Å². The fourth-order valence-corrected chi connectivity index (χ4v) is 5.59. The van der Waals surface area contributed by atoms with E-state index in [0.717, 1.165) is 34.0 Å². The summed E-state index contributed by atoms with van der Waals surface area (Å²) in [6, 6.07) is 25.1. The molecule has 1 amide bonds. The first-order valence-electron chi connectivity index (χ1n) is 12.2. The first-order chi connectivity index (χ1) is 17.9. The van der Waals surface area contributed by atoms with Crippen molar-refractivity contribution in [3.63, 3.8) is 0 Å². The second kappa shape index (κ2) is 10.7. The van der Waals surface area contributed by atoms with Crippen LogP contribution in [0.4, 0.5) is 5.69 Å². The van der Waals surface area contributed by atoms with E-state index in [9.17, 15) is 4.79 Å². The number of nitrogens with zero attached hydrogens (tertiary/aromatic N) is 3. The predicted octanol–water partition coefficient (Wildman–Crippen LogP) is 6.14. The van der Waals surface area contributed by atoms with E-state index in [1.807, 2.05) is 72.8 Å². The molecule has 0 unspecified atom stereocenters. The van der Waals surface area contributed by atoms with Gasteiger partial charge in [-0.2, -0.15) is 0 Å². The summed E-state index contributed by atoms with van der Waals surface area (Å²) in [6.07, 6.45) is 2.09. The van der Waals surface area contributed by atoms with Crippen LogP contribution >= 0.6 is 23.8 Å². The number of amides is 1. The van der Waals surface area contributed by atoms with E-state index in [1.54, 1.807) is 6.20 Å². The van der Waals surface area contributed by atoms with Gasteiger partial charge in [-0.1, -0.05) is 48.0 Å². The maximum atomic E-state index is 12.8. The zero-order chi connectivity index (χ0) is 25.9. The van der Waals surface area contributed by atoms with Crippen molar-refractivity contribution in [1.29, 1.82) is 0 Å². The van der Waals surface area contributed by atoms with E-state index in [4.69, 9.17) is 23.8 Å². The first-order valence-corrected chi connectivity index (χ1v) is 13.0. The van der Waals surface area contributed by atoms with E-state index in [2.05, 4.69) is 45.0 Å². The lowest BCUT2D eigenvalue weighted by molar-refractivity contribution is -0.116. The molecule has 5 rings (SSSR count). The number of hydrogen-bond acceptors (Lipinski definition) is 3. The number of carbonyl (C=O) groups is 1. The second-order valence-corrected chi connectivity index (χ2v) is 9.89. The largest absolute Gasteiger partial charge is 0.352 e. The van der Waals surface area contributed by atoms with Crippen LogP contribution in [0.5, 0.6) is 0 Å². The number of benzene rings is 2. The smallest absolute Gasteiger partial charge is 0.226 e. The molecule has 0 bridgehead atoms. The number of para-hydroxylation sites is 2. The summed E-state index contributed by atoms with van der Waals surface area (Å²) in [4.78, 5) is 19.5. The van der Waals surface area contributed by atoms with Crippen molar-refractivity contribution in [1.82, 2.24) is 19.8 Å². The van der Waals surface area contributed by atoms with Crippen molar-refractivity contribution in [3.8, 4) is 5.69 Å². The van der Waals surface area contributed by atoms with Crippen LogP contribution in [-0.4, -0.2) is 32.0 Å². The molecule has 0 spiro atoms. The fourth-order valence-electron chi connectivity index (χ4n) is 5.04. The minimum atomic E-state index is -0.161. The van der Waals surface area contributed by atoms with Crippen LogP contribution in [0.3, 0.4) is 0 Å². The van der Waals surface area contributed by atoms with Crippen LogP contribution in [0.1, 0.15) is 41.1 Å². The van der Waals surface area contributed by atoms with Crippen LogP contribution in [0.25, 0.3) is 5.69 Å². The Balaban J connectivity index is 1.49. The number of aromatic nitrogens is 2. The molecule has 37 heavy (non-hydrogen) atoms. The molecular formula is C29H28ClN5OS. The molecule has 2 atom stereocenters. The molecule has 1 aliphatic rings. The van der Waals surface area contributed by atoms with Crippen molar-refractivity contribution in [3.05, 3.63) is 113 Å². The lowest BCUT2D eigenvalue weighted by atomic mass is 9.96. The number of carbonyl (C=O) groups excluding carboxylic acids is 1. The summed E-state index contributed by atoms with van der Waals surface area (Å²) >= 11 is 12.4. The van der Waals surface area contributed by atoms with Gasteiger partial charge in [0, 0.05) is 36.2 Å². The lowest BCUT2D eigenvalue weighted by Crippen LogP contribution is -2.32. The Morgan fingerprint density at radius 2 is 1.78 bits per heavy atom. The molecular weight excluding hydrogens is 502 g/mol. The highest BCUT2D eigenvalue weighted by molar-refractivity contribution is 7.80. The van der Waals surface area contributed by atoms with Gasteiger partial charge in [0.2, 0.25) is 5.91 Å². The van der Waals surface area contributed by atoms with Crippen LogP contribution in [0.2, 0.25) is 5.02 Å². The average Bonchev–Trinajstić information content (AvgIpc) is 3.38. The maximum absolute atomic E-state index is 12.8. The molecule has 0 saturated carbocycles. The summed E-state index contributed by atoms with van der Waals surface area (Å²) in [7, 11) is 0. The third-order valence-electron chi connectivity index (χ3n) is 6.72. The average molecular weight is 530 g/mol. The number of halogens is 1. The van der Waals surface area contributed by atoms with Crippen molar-refractivity contribution in [2.45, 2.75) is 32.4 Å². The summed E-state index contributed by atoms with van der Waals surface area (Å²) in [5.74, 6) is -0.0597. The van der Waals surface area contributed by atoms with Crippen LogP contribution in [0, 0.1) is 13.8 Å². The van der Waals surface area contributed by atoms with Crippen LogP contribution in [0.15, 0.2) is 85.1 Å². The van der Waals surface area contributed by atoms with Gasteiger partial charge in [-0.25, -0.2) is 0 Å². The number of aryl methyl sites for hydroxylation is 1. The monoisotopic (exact) mass is 529 g/mol. The van der Waals surface area contributed by atoms with Gasteiger partial charge < -0.3 is 20.1 Å². The Morgan fingerprint density at radius 3 is 2.51 bits per heavy atom. The SMILES string of the molecule is Cc1cc([C@@H]2[C@H](c3ccccn3)NC(=S)N2CCC(=O)Nc2ccccc2)c(C)n1-c1ccccc1Cl. The molecule has 6 nitrogen and oxygen atoms in total. The number of thiocarbonyl (C=S) groups is 1. The molecule has 2 aromatic carbocycles. The van der Waals surface area contributed by atoms with E-state index in [0.29, 0.717) is 23.1 Å². The quantitative estimate of drug-likeness (QED) is 0.281. The van der Waals surface area contributed by atoms with Crippen molar-refractivity contribution < 1.29 is 4.79 Å². The minimum absolute atomic E-state index is 0.0597. The number of pyridine rings is 1. The third kappa shape index (κ3) is 5.10. The predicted molar refractivity (Wildman–Crippen MR) is 152 cm³/mol. The second-order valence-electron chi connectivity index (χ2n) is 9.10. The molecule has 0 radical (unpaired) electrons. The summed E-state index contributed by atoms with van der Waals surface area (Å²) in [6.45, 7) is 4.64. The van der Waals surface area contributed by atoms with Gasteiger partial charge in [0.15, 0.2) is 5.11 Å². The topological polar surface area (TPSA) is 62.2 Å². The maximum Gasteiger partial charge on any atom is 0.226 e. The number of hydrogen-bond donors (Lipinski definition) is 2. The third-order valence-corrected chi connectivity index (χ3v) is 7.39. The highest BCUT2D eigenvalue weighted by Gasteiger charge is 2.41. The van der Waals surface area contributed by atoms with Crippen molar-refractivity contribution in [2.75, 3.05) is 11.9 Å². The summed E-state index contributed by atoms with van der Waals surface area (Å²) in [5.41, 5.74) is 5.86. The van der Waals surface area contributed by atoms with Gasteiger partial charge in [0.1, 0.15) is 0 Å². The van der Waals surface area contributed by atoms with Crippen LogP contribution < -0.4 is 10.6 Å². The molecule has 1 saturated heterocycles. The van der Waals surface area contributed by atoms with E-state index in [-0.39, 0.29) is 18.0 Å². The Labute approximate surface area is 227 Å². The molecule has 0 aliphatic carbocycles. The van der Waals surface area contributed by atoms with Crippen molar-refractivity contribution in [2.24, 2.45) is 0 Å². The molecule has 1 aliphatic heterocycles. The van der Waals surface area contributed by atoms with Gasteiger partial charge in [-0.3, -0.25) is 9.78 Å². The normalized spacial score (nSPS) is 17.1. The van der Waals surface area contributed by atoms with Gasteiger partial charge in [-0.15, -0.1) is 0 Å². The zero-order valence-electron chi connectivity index (χ0n) is 20.7. The summed E-state index contributed by atoms with van der Waals surface area (Å²) < 4.78 is 2.18. The molecule has 3 heterocycles. The van der Waals surface area contributed by atoms with Gasteiger partial charge in [0.25, 0.3) is 0 Å². The molecule has 2 N–H and O–H groups in total. The van der Waals surface area contributed by atoms with Crippen molar-refractivity contribution >= 4 is 40.5 Å². The number of nitrogens with one attached hydrogen (secondary N) is 2. The highest BCUT2D eigenvalue weighted by Crippen LogP contribution is 2.41. The number of anilines is 1. The molecule has 4 aromatic rings. The van der Waals surface area contributed by atoms with Gasteiger partial charge >= 0.3 is 0 Å².